The van der Waals surface area contributed by atoms with E-state index in [4.69, 9.17) is 14.2 Å². The molecule has 0 N–H and O–H groups in total. The molecule has 1 atom stereocenters. The zero-order chi connectivity index (χ0) is 12.4. The molecule has 5 heteroatoms. The average Bonchev–Trinajstić information content (AvgIpc) is 2.24. The van der Waals surface area contributed by atoms with Crippen LogP contribution in [0.15, 0.2) is 12.7 Å². The van der Waals surface area contributed by atoms with E-state index < -0.39 is 12.3 Å². The van der Waals surface area contributed by atoms with E-state index in [1.165, 1.54) is 0 Å². The molecule has 0 radical (unpaired) electrons. The first-order chi connectivity index (χ1) is 7.60. The Morgan fingerprint density at radius 2 is 2.12 bits per heavy atom. The fourth-order valence-electron chi connectivity index (χ4n) is 0.961. The van der Waals surface area contributed by atoms with Gasteiger partial charge in [0, 0.05) is 19.1 Å². The van der Waals surface area contributed by atoms with Crippen LogP contribution >= 0.6 is 0 Å². The second kappa shape index (κ2) is 8.91. The van der Waals surface area contributed by atoms with Gasteiger partial charge in [0.05, 0.1) is 6.61 Å². The molecule has 5 nitrogen and oxygen atoms in total. The summed E-state index contributed by atoms with van der Waals surface area (Å²) in [6.45, 7) is 7.40. The molecule has 0 rings (SSSR count). The second-order valence-electron chi connectivity index (χ2n) is 2.99. The Morgan fingerprint density at radius 3 is 2.69 bits per heavy atom. The van der Waals surface area contributed by atoms with Crippen LogP contribution in [-0.4, -0.2) is 31.4 Å². The van der Waals surface area contributed by atoms with E-state index in [9.17, 15) is 9.59 Å². The lowest BCUT2D eigenvalue weighted by Crippen LogP contribution is -2.18. The number of esters is 2. The summed E-state index contributed by atoms with van der Waals surface area (Å²) in [6, 6.07) is 0. The lowest BCUT2D eigenvalue weighted by molar-refractivity contribution is -0.174. The molecule has 1 unspecified atom stereocenters. The topological polar surface area (TPSA) is 61.8 Å². The molecule has 0 spiro atoms. The van der Waals surface area contributed by atoms with Gasteiger partial charge in [0.2, 0.25) is 0 Å². The molecular weight excluding hydrogens is 212 g/mol. The Morgan fingerprint density at radius 1 is 1.44 bits per heavy atom. The van der Waals surface area contributed by atoms with Crippen molar-refractivity contribution < 1.29 is 23.8 Å². The van der Waals surface area contributed by atoms with Gasteiger partial charge in [0.25, 0.3) is 0 Å². The van der Waals surface area contributed by atoms with E-state index in [1.54, 1.807) is 6.92 Å². The summed E-state index contributed by atoms with van der Waals surface area (Å²) < 4.78 is 14.6. The third-order valence-corrected chi connectivity index (χ3v) is 1.64. The molecular formula is C11H18O5. The summed E-state index contributed by atoms with van der Waals surface area (Å²) in [5.74, 6) is -0.855. The van der Waals surface area contributed by atoms with Gasteiger partial charge in [-0.3, -0.25) is 4.79 Å². The van der Waals surface area contributed by atoms with Crippen molar-refractivity contribution in [1.82, 2.24) is 0 Å². The first kappa shape index (κ1) is 14.6. The van der Waals surface area contributed by atoms with Gasteiger partial charge < -0.3 is 14.2 Å². The molecule has 0 amide bonds. The van der Waals surface area contributed by atoms with Crippen molar-refractivity contribution in [2.75, 3.05) is 13.2 Å². The monoisotopic (exact) mass is 230 g/mol. The van der Waals surface area contributed by atoms with Crippen LogP contribution in [0.5, 0.6) is 0 Å². The third kappa shape index (κ3) is 7.99. The van der Waals surface area contributed by atoms with E-state index >= 15 is 0 Å². The van der Waals surface area contributed by atoms with Crippen molar-refractivity contribution in [1.29, 1.82) is 0 Å². The fourth-order valence-corrected chi connectivity index (χ4v) is 0.961. The molecule has 0 aromatic rings. The largest absolute Gasteiger partial charge is 0.463 e. The van der Waals surface area contributed by atoms with Gasteiger partial charge in [0.15, 0.2) is 6.29 Å². The highest BCUT2D eigenvalue weighted by Gasteiger charge is 2.08. The van der Waals surface area contributed by atoms with Crippen LogP contribution in [0.25, 0.3) is 0 Å². The van der Waals surface area contributed by atoms with Crippen molar-refractivity contribution in [3.8, 4) is 0 Å². The maximum Gasteiger partial charge on any atom is 0.330 e. The minimum atomic E-state index is -0.534. The molecule has 0 saturated heterocycles. The molecule has 16 heavy (non-hydrogen) atoms. The minimum absolute atomic E-state index is 0.184. The van der Waals surface area contributed by atoms with Gasteiger partial charge in [-0.2, -0.15) is 0 Å². The van der Waals surface area contributed by atoms with Gasteiger partial charge in [-0.1, -0.05) is 6.58 Å². The normalized spacial score (nSPS) is 11.6. The standard InChI is InChI=1S/C11H18O5/c1-4-10(12)15-8-6-7-11(13)16-9(3)14-5-2/h4,9H,1,5-8H2,2-3H3. The molecule has 0 heterocycles. The summed E-state index contributed by atoms with van der Waals surface area (Å²) in [5, 5.41) is 0. The van der Waals surface area contributed by atoms with E-state index in [-0.39, 0.29) is 19.0 Å². The molecule has 92 valence electrons. The molecule has 0 aliphatic rings. The maximum atomic E-state index is 11.2. The van der Waals surface area contributed by atoms with E-state index in [0.717, 1.165) is 6.08 Å². The van der Waals surface area contributed by atoms with Crippen LogP contribution in [0.2, 0.25) is 0 Å². The summed E-state index contributed by atoms with van der Waals surface area (Å²) in [4.78, 5) is 21.8. The lowest BCUT2D eigenvalue weighted by atomic mass is 10.3. The summed E-state index contributed by atoms with van der Waals surface area (Å²) in [6.07, 6.45) is 1.17. The minimum Gasteiger partial charge on any atom is -0.463 e. The number of hydrogen-bond donors (Lipinski definition) is 0. The zero-order valence-electron chi connectivity index (χ0n) is 9.73. The summed E-state index contributed by atoms with van der Waals surface area (Å²) in [5.41, 5.74) is 0. The maximum absolute atomic E-state index is 11.2. The van der Waals surface area contributed by atoms with Crippen LogP contribution in [0.3, 0.4) is 0 Å². The van der Waals surface area contributed by atoms with E-state index in [2.05, 4.69) is 6.58 Å². The van der Waals surface area contributed by atoms with Crippen molar-refractivity contribution >= 4 is 11.9 Å². The number of rotatable bonds is 8. The number of carbonyl (C=O) groups excluding carboxylic acids is 2. The van der Waals surface area contributed by atoms with Gasteiger partial charge in [-0.25, -0.2) is 4.79 Å². The van der Waals surface area contributed by atoms with E-state index in [0.29, 0.717) is 13.0 Å². The lowest BCUT2D eigenvalue weighted by Gasteiger charge is -2.12. The van der Waals surface area contributed by atoms with Gasteiger partial charge in [-0.05, 0) is 20.3 Å². The Kier molecular flexibility index (Phi) is 8.15. The predicted molar refractivity (Wildman–Crippen MR) is 57.6 cm³/mol. The molecule has 0 fully saturated rings. The quantitative estimate of drug-likeness (QED) is 0.273. The summed E-state index contributed by atoms with van der Waals surface area (Å²) in [7, 11) is 0. The van der Waals surface area contributed by atoms with Crippen molar-refractivity contribution in [3.05, 3.63) is 12.7 Å². The third-order valence-electron chi connectivity index (χ3n) is 1.64. The highest BCUT2D eigenvalue weighted by atomic mass is 16.7. The Labute approximate surface area is 95.4 Å². The highest BCUT2D eigenvalue weighted by molar-refractivity contribution is 5.81. The Hall–Kier alpha value is -1.36. The predicted octanol–water partition coefficient (Wildman–Crippen LogP) is 1.42. The fraction of sp³-hybridized carbons (Fsp3) is 0.636. The Bertz CT molecular complexity index is 237. The van der Waals surface area contributed by atoms with Crippen LogP contribution in [-0.2, 0) is 23.8 Å². The van der Waals surface area contributed by atoms with Crippen LogP contribution in [0.1, 0.15) is 26.7 Å². The summed E-state index contributed by atoms with van der Waals surface area (Å²) >= 11 is 0. The molecule has 0 aromatic carbocycles. The number of carbonyl (C=O) groups is 2. The average molecular weight is 230 g/mol. The molecule has 0 aliphatic heterocycles. The Balaban J connectivity index is 3.50. The van der Waals surface area contributed by atoms with Crippen LogP contribution in [0, 0.1) is 0 Å². The molecule has 0 aromatic heterocycles. The van der Waals surface area contributed by atoms with Gasteiger partial charge in [-0.15, -0.1) is 0 Å². The van der Waals surface area contributed by atoms with Crippen molar-refractivity contribution in [2.24, 2.45) is 0 Å². The van der Waals surface area contributed by atoms with Crippen molar-refractivity contribution in [2.45, 2.75) is 33.0 Å². The van der Waals surface area contributed by atoms with Crippen LogP contribution < -0.4 is 0 Å². The molecule has 0 bridgehead atoms. The van der Waals surface area contributed by atoms with Gasteiger partial charge in [0.1, 0.15) is 0 Å². The second-order valence-corrected chi connectivity index (χ2v) is 2.99. The highest BCUT2D eigenvalue weighted by Crippen LogP contribution is 1.99. The van der Waals surface area contributed by atoms with Crippen LogP contribution in [0.4, 0.5) is 0 Å². The van der Waals surface area contributed by atoms with Crippen molar-refractivity contribution in [3.63, 3.8) is 0 Å². The number of ether oxygens (including phenoxy) is 3. The molecule has 0 aliphatic carbocycles. The SMILES string of the molecule is C=CC(=O)OCCCC(=O)OC(C)OCC. The number of hydrogen-bond acceptors (Lipinski definition) is 5. The van der Waals surface area contributed by atoms with E-state index in [1.807, 2.05) is 6.92 Å². The molecule has 0 saturated carbocycles. The smallest absolute Gasteiger partial charge is 0.330 e. The zero-order valence-corrected chi connectivity index (χ0v) is 9.73. The first-order valence-electron chi connectivity index (χ1n) is 5.20. The van der Waals surface area contributed by atoms with Gasteiger partial charge >= 0.3 is 11.9 Å². The first-order valence-corrected chi connectivity index (χ1v) is 5.20.